The average molecular weight is 555 g/mol. The van der Waals surface area contributed by atoms with E-state index in [0.717, 1.165) is 13.5 Å². The number of hydrogen-bond acceptors (Lipinski definition) is 8. The van der Waals surface area contributed by atoms with Crippen LogP contribution in [0.5, 0.6) is 0 Å². The zero-order chi connectivity index (χ0) is 29.8. The van der Waals surface area contributed by atoms with Crippen LogP contribution < -0.4 is 16.0 Å². The number of hydrogen-bond donors (Lipinski definition) is 4. The molecular weight excluding hydrogens is 508 g/mol. The minimum absolute atomic E-state index is 0.137. The summed E-state index contributed by atoms with van der Waals surface area (Å²) in [4.78, 5) is 62.2. The van der Waals surface area contributed by atoms with Crippen LogP contribution in [0.1, 0.15) is 59.3 Å². The number of methoxy groups -OCH3 is 1. The first kappa shape index (κ1) is 35.6. The fourth-order valence-electron chi connectivity index (χ4n) is 3.43. The third kappa shape index (κ3) is 14.9. The predicted octanol–water partition coefficient (Wildman–Crippen LogP) is 1.43. The van der Waals surface area contributed by atoms with Crippen LogP contribution in [0, 0.1) is 5.92 Å². The molecule has 4 N–H and O–H groups in total. The van der Waals surface area contributed by atoms with Crippen molar-refractivity contribution in [3.05, 3.63) is 25.3 Å². The van der Waals surface area contributed by atoms with Gasteiger partial charge in [0.15, 0.2) is 0 Å². The Kier molecular flexibility index (Phi) is 18.7. The molecule has 0 aromatic rings. The lowest BCUT2D eigenvalue weighted by Gasteiger charge is -2.28. The number of ether oxygens (including phenoxy) is 2. The molecule has 0 aromatic heterocycles. The molecule has 1 aliphatic heterocycles. The first-order chi connectivity index (χ1) is 18.5. The Morgan fingerprint density at radius 2 is 1.77 bits per heavy atom. The van der Waals surface area contributed by atoms with E-state index in [2.05, 4.69) is 40.8 Å². The van der Waals surface area contributed by atoms with E-state index in [1.165, 1.54) is 11.3 Å². The number of carbonyl (C=O) groups excluding carboxylic acids is 5. The van der Waals surface area contributed by atoms with Gasteiger partial charge in [0.1, 0.15) is 24.7 Å². The number of esters is 1. The van der Waals surface area contributed by atoms with Crippen molar-refractivity contribution in [2.24, 2.45) is 5.92 Å². The SMILES string of the molecule is C=CCCC.C=CCC[C@H](NC(=O)OCC(C)C)C(=O)N1CCCC1C(=O)NCC(O)C(=O)NCC(=O)OC. The molecule has 12 heteroatoms. The summed E-state index contributed by atoms with van der Waals surface area (Å²) in [7, 11) is 1.16. The molecule has 0 radical (unpaired) electrons. The highest BCUT2D eigenvalue weighted by Crippen LogP contribution is 2.20. The number of allylic oxidation sites excluding steroid dienone is 2. The van der Waals surface area contributed by atoms with Gasteiger partial charge in [-0.3, -0.25) is 19.2 Å². The standard InChI is InChI=1S/C22H36N4O8.C5H10/c1-5-6-8-15(25-22(32)34-13-14(2)3)21(31)26-10-7-9-16(26)19(29)23-11-17(27)20(30)24-12-18(28)33-4;1-3-5-4-2/h5,14-17,27H,1,6-13H2,2-4H3,(H,23,29)(H,24,30)(H,25,32);3H,1,4-5H2,2H3/t15-,16?,17?;/m0./s1. The molecule has 12 nitrogen and oxygen atoms in total. The number of amides is 4. The van der Waals surface area contributed by atoms with Gasteiger partial charge in [-0.2, -0.15) is 0 Å². The summed E-state index contributed by atoms with van der Waals surface area (Å²) in [6.45, 7) is 12.8. The Hall–Kier alpha value is -3.41. The van der Waals surface area contributed by atoms with Gasteiger partial charge in [-0.15, -0.1) is 13.2 Å². The number of nitrogens with one attached hydrogen (secondary N) is 3. The molecule has 0 spiro atoms. The van der Waals surface area contributed by atoms with E-state index >= 15 is 0 Å². The molecule has 2 unspecified atom stereocenters. The van der Waals surface area contributed by atoms with Crippen molar-refractivity contribution < 1.29 is 38.6 Å². The van der Waals surface area contributed by atoms with E-state index < -0.39 is 61.1 Å². The predicted molar refractivity (Wildman–Crippen MR) is 146 cm³/mol. The zero-order valence-electron chi connectivity index (χ0n) is 23.7. The summed E-state index contributed by atoms with van der Waals surface area (Å²) in [5.41, 5.74) is 0. The van der Waals surface area contributed by atoms with Crippen LogP contribution in [0.4, 0.5) is 4.79 Å². The second kappa shape index (κ2) is 20.5. The molecular formula is C27H46N4O8. The maximum atomic E-state index is 13.1. The number of aliphatic hydroxyl groups excluding tert-OH is 1. The minimum Gasteiger partial charge on any atom is -0.468 e. The highest BCUT2D eigenvalue weighted by atomic mass is 16.5. The van der Waals surface area contributed by atoms with Crippen LogP contribution in [0.25, 0.3) is 0 Å². The molecule has 0 bridgehead atoms. The molecule has 4 amide bonds. The Morgan fingerprint density at radius 1 is 1.10 bits per heavy atom. The largest absolute Gasteiger partial charge is 0.468 e. The summed E-state index contributed by atoms with van der Waals surface area (Å²) >= 11 is 0. The summed E-state index contributed by atoms with van der Waals surface area (Å²) in [6.07, 6.45) is 5.38. The number of carbonyl (C=O) groups is 5. The highest BCUT2D eigenvalue weighted by Gasteiger charge is 2.37. The third-order valence-corrected chi connectivity index (χ3v) is 5.54. The Balaban J connectivity index is 0.00000263. The van der Waals surface area contributed by atoms with Crippen molar-refractivity contribution in [3.8, 4) is 0 Å². The lowest BCUT2D eigenvalue weighted by atomic mass is 10.1. The Morgan fingerprint density at radius 3 is 2.31 bits per heavy atom. The second-order valence-corrected chi connectivity index (χ2v) is 9.38. The van der Waals surface area contributed by atoms with Gasteiger partial charge in [-0.05, 0) is 38.0 Å². The minimum atomic E-state index is -1.59. The number of alkyl carbamates (subject to hydrolysis) is 1. The first-order valence-corrected chi connectivity index (χ1v) is 13.3. The molecule has 3 atom stereocenters. The molecule has 1 saturated heterocycles. The maximum absolute atomic E-state index is 13.1. The van der Waals surface area contributed by atoms with Crippen LogP contribution in [-0.4, -0.2) is 91.3 Å². The van der Waals surface area contributed by atoms with Gasteiger partial charge in [-0.25, -0.2) is 4.79 Å². The van der Waals surface area contributed by atoms with Crippen molar-refractivity contribution in [1.82, 2.24) is 20.9 Å². The van der Waals surface area contributed by atoms with Gasteiger partial charge in [0.25, 0.3) is 5.91 Å². The topological polar surface area (TPSA) is 163 Å². The van der Waals surface area contributed by atoms with Crippen molar-refractivity contribution >= 4 is 29.8 Å². The van der Waals surface area contributed by atoms with Crippen LogP contribution in [-0.2, 0) is 28.7 Å². The summed E-state index contributed by atoms with van der Waals surface area (Å²) in [5, 5.41) is 17.1. The van der Waals surface area contributed by atoms with Crippen LogP contribution in [0.3, 0.4) is 0 Å². The molecule has 0 saturated carbocycles. The lowest BCUT2D eigenvalue weighted by Crippen LogP contribution is -2.54. The average Bonchev–Trinajstić information content (AvgIpc) is 3.41. The second-order valence-electron chi connectivity index (χ2n) is 9.38. The van der Waals surface area contributed by atoms with Crippen LogP contribution in [0.2, 0.25) is 0 Å². The van der Waals surface area contributed by atoms with Crippen molar-refractivity contribution in [1.29, 1.82) is 0 Å². The van der Waals surface area contributed by atoms with Gasteiger partial charge < -0.3 is 35.4 Å². The fraction of sp³-hybridized carbons (Fsp3) is 0.667. The first-order valence-electron chi connectivity index (χ1n) is 13.3. The van der Waals surface area contributed by atoms with Crippen molar-refractivity contribution in [2.75, 3.05) is 33.4 Å². The highest BCUT2D eigenvalue weighted by molar-refractivity contribution is 5.92. The van der Waals surface area contributed by atoms with Gasteiger partial charge in [0.2, 0.25) is 11.8 Å². The van der Waals surface area contributed by atoms with Gasteiger partial charge >= 0.3 is 12.1 Å². The lowest BCUT2D eigenvalue weighted by molar-refractivity contribution is -0.142. The fourth-order valence-corrected chi connectivity index (χ4v) is 3.43. The Labute approximate surface area is 231 Å². The third-order valence-electron chi connectivity index (χ3n) is 5.54. The quantitative estimate of drug-likeness (QED) is 0.174. The number of unbranched alkanes of at least 4 members (excludes halogenated alkanes) is 1. The van der Waals surface area contributed by atoms with E-state index in [1.54, 1.807) is 6.08 Å². The molecule has 1 aliphatic rings. The van der Waals surface area contributed by atoms with Gasteiger partial charge in [0, 0.05) is 6.54 Å². The molecule has 1 rings (SSSR count). The molecule has 1 heterocycles. The van der Waals surface area contributed by atoms with E-state index in [-0.39, 0.29) is 12.5 Å². The number of rotatable bonds is 15. The van der Waals surface area contributed by atoms with Gasteiger partial charge in [-0.1, -0.05) is 39.3 Å². The number of likely N-dealkylation sites (tertiary alicyclic amines) is 1. The van der Waals surface area contributed by atoms with Crippen molar-refractivity contribution in [3.63, 3.8) is 0 Å². The molecule has 0 aliphatic carbocycles. The van der Waals surface area contributed by atoms with E-state index in [9.17, 15) is 29.1 Å². The van der Waals surface area contributed by atoms with E-state index in [0.29, 0.717) is 32.2 Å². The Bertz CT molecular complexity index is 818. The maximum Gasteiger partial charge on any atom is 0.407 e. The number of aliphatic hydroxyl groups is 1. The van der Waals surface area contributed by atoms with Gasteiger partial charge in [0.05, 0.1) is 20.3 Å². The molecule has 0 aromatic carbocycles. The summed E-state index contributed by atoms with van der Waals surface area (Å²) in [6, 6.07) is -1.70. The number of nitrogens with zero attached hydrogens (tertiary/aromatic N) is 1. The molecule has 222 valence electrons. The van der Waals surface area contributed by atoms with Crippen LogP contribution in [0.15, 0.2) is 25.3 Å². The normalized spacial score (nSPS) is 15.6. The van der Waals surface area contributed by atoms with E-state index in [1.807, 2.05) is 19.9 Å². The summed E-state index contributed by atoms with van der Waals surface area (Å²) in [5.74, 6) is -2.35. The smallest absolute Gasteiger partial charge is 0.407 e. The molecule has 39 heavy (non-hydrogen) atoms. The summed E-state index contributed by atoms with van der Waals surface area (Å²) < 4.78 is 9.50. The van der Waals surface area contributed by atoms with Crippen molar-refractivity contribution in [2.45, 2.75) is 77.5 Å². The van der Waals surface area contributed by atoms with Crippen LogP contribution >= 0.6 is 0 Å². The molecule has 1 fully saturated rings. The van der Waals surface area contributed by atoms with E-state index in [4.69, 9.17) is 4.74 Å². The zero-order valence-corrected chi connectivity index (χ0v) is 23.7. The monoisotopic (exact) mass is 554 g/mol.